The van der Waals surface area contributed by atoms with Gasteiger partial charge in [-0.15, -0.1) is 0 Å². The van der Waals surface area contributed by atoms with E-state index in [-0.39, 0.29) is 5.56 Å². The van der Waals surface area contributed by atoms with Crippen LogP contribution in [0.5, 0.6) is 0 Å². The minimum absolute atomic E-state index is 0.151. The summed E-state index contributed by atoms with van der Waals surface area (Å²) in [4.78, 5) is 22.8. The molecule has 0 radical (unpaired) electrons. The average molecular weight is 240 g/mol. The molecule has 0 spiro atoms. The normalized spacial score (nSPS) is 19.0. The molecule has 2 nitrogen and oxygen atoms in total. The van der Waals surface area contributed by atoms with E-state index in [2.05, 4.69) is 0 Å². The number of benzene rings is 1. The van der Waals surface area contributed by atoms with Gasteiger partial charge in [-0.2, -0.15) is 13.2 Å². The largest absolute Gasteiger partial charge is 0.451 e. The van der Waals surface area contributed by atoms with Crippen molar-refractivity contribution in [2.45, 2.75) is 6.18 Å². The number of hydrogen-bond acceptors (Lipinski definition) is 2. The van der Waals surface area contributed by atoms with Crippen LogP contribution in [0.4, 0.5) is 13.2 Å². The molecular weight excluding hydrogens is 233 g/mol. The van der Waals surface area contributed by atoms with Crippen LogP contribution in [0.15, 0.2) is 30.3 Å². The molecule has 1 aromatic carbocycles. The Labute approximate surface area is 94.7 Å². The highest BCUT2D eigenvalue weighted by Crippen LogP contribution is 2.29. The summed E-state index contributed by atoms with van der Waals surface area (Å²) in [5.74, 6) is -4.57. The molecule has 0 aromatic heterocycles. The number of carbonyl (C=O) groups is 2. The molecule has 0 saturated heterocycles. The van der Waals surface area contributed by atoms with Crippen LogP contribution in [-0.2, 0) is 4.79 Å². The van der Waals surface area contributed by atoms with Gasteiger partial charge in [-0.1, -0.05) is 36.4 Å². The Balaban J connectivity index is 2.39. The Hall–Kier alpha value is -1.91. The van der Waals surface area contributed by atoms with Gasteiger partial charge in [-0.05, 0) is 5.56 Å². The van der Waals surface area contributed by atoms with E-state index >= 15 is 0 Å². The monoisotopic (exact) mass is 240 g/mol. The van der Waals surface area contributed by atoms with Gasteiger partial charge in [0.1, 0.15) is 5.92 Å². The highest BCUT2D eigenvalue weighted by atomic mass is 19.4. The summed E-state index contributed by atoms with van der Waals surface area (Å²) in [6.45, 7) is 0. The third-order valence-corrected chi connectivity index (χ3v) is 2.54. The molecule has 5 heteroatoms. The summed E-state index contributed by atoms with van der Waals surface area (Å²) in [6, 6.07) is 6.24. The van der Waals surface area contributed by atoms with Crippen LogP contribution < -0.4 is 0 Å². The Bertz CT molecular complexity index is 515. The number of ketones is 2. The summed E-state index contributed by atoms with van der Waals surface area (Å²) >= 11 is 0. The second-order valence-electron chi connectivity index (χ2n) is 3.65. The zero-order valence-electron chi connectivity index (χ0n) is 8.49. The minimum atomic E-state index is -4.99. The lowest BCUT2D eigenvalue weighted by Crippen LogP contribution is -2.35. The molecule has 0 N–H and O–H groups in total. The molecule has 0 amide bonds. The smallest absolute Gasteiger partial charge is 0.293 e. The predicted octanol–water partition coefficient (Wildman–Crippen LogP) is 2.64. The number of fused-ring (bicyclic) bond motifs is 1. The van der Waals surface area contributed by atoms with Crippen LogP contribution >= 0.6 is 0 Å². The van der Waals surface area contributed by atoms with E-state index in [0.29, 0.717) is 5.56 Å². The molecular formula is C12H7F3O2. The van der Waals surface area contributed by atoms with Crippen LogP contribution in [0.2, 0.25) is 0 Å². The molecule has 1 aromatic rings. The SMILES string of the molecule is O=C1c2ccccc2C=CC1C(=O)C(F)(F)F. The third-order valence-electron chi connectivity index (χ3n) is 2.54. The number of alkyl halides is 3. The van der Waals surface area contributed by atoms with Crippen LogP contribution in [-0.4, -0.2) is 17.7 Å². The molecule has 1 atom stereocenters. The zero-order valence-corrected chi connectivity index (χ0v) is 8.49. The fraction of sp³-hybridized carbons (Fsp3) is 0.167. The third kappa shape index (κ3) is 2.00. The molecule has 88 valence electrons. The Morgan fingerprint density at radius 3 is 2.47 bits per heavy atom. The lowest BCUT2D eigenvalue weighted by Gasteiger charge is -2.18. The molecule has 0 heterocycles. The van der Waals surface area contributed by atoms with E-state index in [1.54, 1.807) is 18.2 Å². The van der Waals surface area contributed by atoms with Crippen LogP contribution in [0.1, 0.15) is 15.9 Å². The van der Waals surface area contributed by atoms with E-state index in [1.165, 1.54) is 12.1 Å². The van der Waals surface area contributed by atoms with E-state index in [0.717, 1.165) is 6.08 Å². The molecule has 2 rings (SSSR count). The van der Waals surface area contributed by atoms with Crippen molar-refractivity contribution in [1.29, 1.82) is 0 Å². The lowest BCUT2D eigenvalue weighted by molar-refractivity contribution is -0.172. The maximum Gasteiger partial charge on any atom is 0.451 e. The van der Waals surface area contributed by atoms with Gasteiger partial charge in [0, 0.05) is 5.56 Å². The molecule has 1 unspecified atom stereocenters. The van der Waals surface area contributed by atoms with Crippen molar-refractivity contribution >= 4 is 17.6 Å². The number of allylic oxidation sites excluding steroid dienone is 1. The van der Waals surface area contributed by atoms with Crippen molar-refractivity contribution in [2.24, 2.45) is 5.92 Å². The van der Waals surface area contributed by atoms with Gasteiger partial charge in [-0.25, -0.2) is 0 Å². The minimum Gasteiger partial charge on any atom is -0.293 e. The maximum absolute atomic E-state index is 12.2. The zero-order chi connectivity index (χ0) is 12.6. The molecule has 1 aliphatic rings. The first kappa shape index (κ1) is 11.6. The first-order chi connectivity index (χ1) is 7.91. The molecule has 0 fully saturated rings. The van der Waals surface area contributed by atoms with Crippen LogP contribution in [0.3, 0.4) is 0 Å². The Kier molecular flexibility index (Phi) is 2.61. The van der Waals surface area contributed by atoms with Gasteiger partial charge in [0.2, 0.25) is 0 Å². The standard InChI is InChI=1S/C12H7F3O2/c13-12(14,15)11(17)9-6-5-7-3-1-2-4-8(7)10(9)16/h1-6,9H. The van der Waals surface area contributed by atoms with Crippen molar-refractivity contribution in [3.63, 3.8) is 0 Å². The number of halogens is 3. The molecule has 0 bridgehead atoms. The highest BCUT2D eigenvalue weighted by molar-refractivity contribution is 6.16. The summed E-state index contributed by atoms with van der Waals surface area (Å²) in [6.07, 6.45) is -2.62. The van der Waals surface area contributed by atoms with Gasteiger partial charge < -0.3 is 0 Å². The van der Waals surface area contributed by atoms with E-state index in [4.69, 9.17) is 0 Å². The first-order valence-corrected chi connectivity index (χ1v) is 4.84. The van der Waals surface area contributed by atoms with Gasteiger partial charge >= 0.3 is 6.18 Å². The fourth-order valence-corrected chi connectivity index (χ4v) is 1.70. The summed E-state index contributed by atoms with van der Waals surface area (Å²) < 4.78 is 36.7. The number of carbonyl (C=O) groups excluding carboxylic acids is 2. The van der Waals surface area contributed by atoms with E-state index in [1.807, 2.05) is 0 Å². The van der Waals surface area contributed by atoms with Crippen molar-refractivity contribution in [3.05, 3.63) is 41.5 Å². The van der Waals surface area contributed by atoms with Crippen molar-refractivity contribution in [3.8, 4) is 0 Å². The quantitative estimate of drug-likeness (QED) is 0.707. The second-order valence-corrected chi connectivity index (χ2v) is 3.65. The van der Waals surface area contributed by atoms with Gasteiger partial charge in [0.05, 0.1) is 0 Å². The molecule has 0 saturated carbocycles. The Morgan fingerprint density at radius 2 is 1.82 bits per heavy atom. The molecule has 17 heavy (non-hydrogen) atoms. The average Bonchev–Trinajstić information content (AvgIpc) is 2.28. The van der Waals surface area contributed by atoms with Crippen LogP contribution in [0, 0.1) is 5.92 Å². The lowest BCUT2D eigenvalue weighted by atomic mass is 9.85. The van der Waals surface area contributed by atoms with Gasteiger partial charge in [0.25, 0.3) is 5.78 Å². The van der Waals surface area contributed by atoms with E-state index in [9.17, 15) is 22.8 Å². The highest BCUT2D eigenvalue weighted by Gasteiger charge is 2.46. The second kappa shape index (κ2) is 3.84. The van der Waals surface area contributed by atoms with Crippen molar-refractivity contribution in [1.82, 2.24) is 0 Å². The summed E-state index contributed by atoms with van der Waals surface area (Å²) in [5, 5.41) is 0. The van der Waals surface area contributed by atoms with Crippen molar-refractivity contribution in [2.75, 3.05) is 0 Å². The predicted molar refractivity (Wildman–Crippen MR) is 54.4 cm³/mol. The number of Topliss-reactive ketones (excluding diaryl/α,β-unsaturated/α-hetero) is 2. The molecule has 1 aliphatic carbocycles. The van der Waals surface area contributed by atoms with Gasteiger partial charge in [-0.3, -0.25) is 9.59 Å². The summed E-state index contributed by atoms with van der Waals surface area (Å²) in [7, 11) is 0. The fourth-order valence-electron chi connectivity index (χ4n) is 1.70. The Morgan fingerprint density at radius 1 is 1.18 bits per heavy atom. The van der Waals surface area contributed by atoms with Crippen molar-refractivity contribution < 1.29 is 22.8 Å². The topological polar surface area (TPSA) is 34.1 Å². The number of rotatable bonds is 1. The summed E-state index contributed by atoms with van der Waals surface area (Å²) in [5.41, 5.74) is 0.682. The molecule has 0 aliphatic heterocycles. The first-order valence-electron chi connectivity index (χ1n) is 4.84. The number of hydrogen-bond donors (Lipinski definition) is 0. The van der Waals surface area contributed by atoms with E-state index < -0.39 is 23.7 Å². The van der Waals surface area contributed by atoms with Gasteiger partial charge in [0.15, 0.2) is 5.78 Å². The maximum atomic E-state index is 12.2. The van der Waals surface area contributed by atoms with Crippen LogP contribution in [0.25, 0.3) is 6.08 Å².